The zero-order valence-electron chi connectivity index (χ0n) is 17.6. The molecule has 0 bridgehead atoms. The van der Waals surface area contributed by atoms with Crippen molar-refractivity contribution in [3.05, 3.63) is 58.1 Å². The molecule has 3 rings (SSSR count). The third-order valence-electron chi connectivity index (χ3n) is 4.59. The highest BCUT2D eigenvalue weighted by molar-refractivity contribution is 7.08. The van der Waals surface area contributed by atoms with E-state index in [1.807, 2.05) is 51.2 Å². The third kappa shape index (κ3) is 4.64. The number of nitrogens with one attached hydrogen (secondary N) is 1. The number of ether oxygens (including phenoxy) is 1. The first-order valence-electron chi connectivity index (χ1n) is 9.55. The molecular formula is C23H23ClN4OS. The van der Waals surface area contributed by atoms with Gasteiger partial charge in [0, 0.05) is 30.1 Å². The number of hydrogen-bond donors (Lipinski definition) is 1. The van der Waals surface area contributed by atoms with E-state index in [4.69, 9.17) is 16.3 Å². The first-order valence-corrected chi connectivity index (χ1v) is 10.7. The van der Waals surface area contributed by atoms with Crippen molar-refractivity contribution < 1.29 is 4.74 Å². The molecule has 0 atom stereocenters. The van der Waals surface area contributed by atoms with Gasteiger partial charge in [0.25, 0.3) is 0 Å². The molecule has 154 valence electrons. The Morgan fingerprint density at radius 1 is 1.23 bits per heavy atom. The Bertz CT molecular complexity index is 1130. The summed E-state index contributed by atoms with van der Waals surface area (Å²) in [6.07, 6.45) is 0. The van der Waals surface area contributed by atoms with Gasteiger partial charge in [-0.3, -0.25) is 0 Å². The van der Waals surface area contributed by atoms with Crippen LogP contribution >= 0.6 is 23.1 Å². The van der Waals surface area contributed by atoms with E-state index >= 15 is 0 Å². The topological polar surface area (TPSA) is 70.3 Å². The second-order valence-corrected chi connectivity index (χ2v) is 8.39. The predicted molar refractivity (Wildman–Crippen MR) is 124 cm³/mol. The minimum atomic E-state index is 0.264. The highest BCUT2D eigenvalue weighted by atomic mass is 35.5. The minimum absolute atomic E-state index is 0.264. The summed E-state index contributed by atoms with van der Waals surface area (Å²) in [5.74, 6) is 1.61. The van der Waals surface area contributed by atoms with E-state index in [1.54, 1.807) is 6.07 Å². The first-order chi connectivity index (χ1) is 14.3. The molecule has 0 aliphatic heterocycles. The van der Waals surface area contributed by atoms with Crippen molar-refractivity contribution in [2.75, 3.05) is 7.05 Å². The molecule has 5 nitrogen and oxygen atoms in total. The smallest absolute Gasteiger partial charge is 0.218 e. The Morgan fingerprint density at radius 3 is 2.53 bits per heavy atom. The molecule has 2 aromatic carbocycles. The number of rotatable bonds is 5. The Labute approximate surface area is 186 Å². The fourth-order valence-corrected chi connectivity index (χ4v) is 3.83. The average Bonchev–Trinajstić information content (AvgIpc) is 3.12. The standard InChI is InChI=1S/C23H23ClN4OS/c1-13(2)22(26-5)27-19-11-18(24)20(10-15(19)4)29-23-17(12-25)21(28-30-23)16-8-6-14(3)7-9-16/h6-11,13H,1-5H3,(H,26,27). The molecule has 30 heavy (non-hydrogen) atoms. The maximum Gasteiger partial charge on any atom is 0.218 e. The van der Waals surface area contributed by atoms with Gasteiger partial charge in [0.1, 0.15) is 28.9 Å². The first kappa shape index (κ1) is 21.8. The van der Waals surface area contributed by atoms with E-state index in [0.717, 1.165) is 39.7 Å². The highest BCUT2D eigenvalue weighted by Crippen LogP contribution is 2.40. The van der Waals surface area contributed by atoms with Crippen LogP contribution in [0, 0.1) is 31.1 Å². The number of amidine groups is 1. The largest absolute Gasteiger partial charge is 0.442 e. The molecule has 1 aromatic heterocycles. The van der Waals surface area contributed by atoms with E-state index in [2.05, 4.69) is 34.6 Å². The average molecular weight is 439 g/mol. The van der Waals surface area contributed by atoms with Crippen LogP contribution in [0.4, 0.5) is 5.69 Å². The van der Waals surface area contributed by atoms with Crippen molar-refractivity contribution >= 4 is 34.7 Å². The highest BCUT2D eigenvalue weighted by Gasteiger charge is 2.19. The van der Waals surface area contributed by atoms with Crippen LogP contribution < -0.4 is 10.1 Å². The minimum Gasteiger partial charge on any atom is -0.442 e. The predicted octanol–water partition coefficient (Wildman–Crippen LogP) is 6.65. The molecule has 0 radical (unpaired) electrons. The molecule has 0 saturated carbocycles. The molecule has 0 spiro atoms. The molecule has 0 saturated heterocycles. The van der Waals surface area contributed by atoms with Crippen LogP contribution in [-0.2, 0) is 0 Å². The molecule has 1 N–H and O–H groups in total. The number of aryl methyl sites for hydroxylation is 2. The van der Waals surface area contributed by atoms with Crippen molar-refractivity contribution in [2.24, 2.45) is 10.9 Å². The Morgan fingerprint density at radius 2 is 1.93 bits per heavy atom. The van der Waals surface area contributed by atoms with E-state index < -0.39 is 0 Å². The van der Waals surface area contributed by atoms with E-state index in [0.29, 0.717) is 27.1 Å². The van der Waals surface area contributed by atoms with Gasteiger partial charge in [0.15, 0.2) is 0 Å². The van der Waals surface area contributed by atoms with Crippen molar-refractivity contribution in [3.63, 3.8) is 0 Å². The molecule has 3 aromatic rings. The molecule has 0 amide bonds. The lowest BCUT2D eigenvalue weighted by Crippen LogP contribution is -2.23. The molecule has 1 heterocycles. The molecule has 7 heteroatoms. The van der Waals surface area contributed by atoms with Crippen molar-refractivity contribution in [2.45, 2.75) is 27.7 Å². The summed E-state index contributed by atoms with van der Waals surface area (Å²) in [5.41, 5.74) is 4.73. The molecule has 0 aliphatic rings. The van der Waals surface area contributed by atoms with Crippen molar-refractivity contribution in [1.29, 1.82) is 5.26 Å². The Balaban J connectivity index is 1.95. The normalized spacial score (nSPS) is 11.5. The van der Waals surface area contributed by atoms with Gasteiger partial charge >= 0.3 is 0 Å². The van der Waals surface area contributed by atoms with Crippen molar-refractivity contribution in [3.8, 4) is 28.1 Å². The lowest BCUT2D eigenvalue weighted by Gasteiger charge is -2.12. The third-order valence-corrected chi connectivity index (χ3v) is 5.62. The molecule has 0 fully saturated rings. The lowest BCUT2D eigenvalue weighted by atomic mass is 10.1. The second kappa shape index (κ2) is 9.29. The van der Waals surface area contributed by atoms with Crippen LogP contribution in [0.1, 0.15) is 30.5 Å². The van der Waals surface area contributed by atoms with Crippen LogP contribution in [0.2, 0.25) is 5.02 Å². The number of halogens is 1. The van der Waals surface area contributed by atoms with Crippen LogP contribution in [0.3, 0.4) is 0 Å². The van der Waals surface area contributed by atoms with Crippen LogP contribution in [0.15, 0.2) is 41.4 Å². The number of nitriles is 1. The maximum absolute atomic E-state index is 9.71. The van der Waals surface area contributed by atoms with Crippen LogP contribution in [-0.4, -0.2) is 17.3 Å². The van der Waals surface area contributed by atoms with Crippen LogP contribution in [0.5, 0.6) is 10.8 Å². The molecule has 0 unspecified atom stereocenters. The van der Waals surface area contributed by atoms with Gasteiger partial charge in [0.2, 0.25) is 5.06 Å². The van der Waals surface area contributed by atoms with Gasteiger partial charge < -0.3 is 10.1 Å². The fraction of sp³-hybridized carbons (Fsp3) is 0.261. The molecule has 0 aliphatic carbocycles. The number of hydrogen-bond acceptors (Lipinski definition) is 5. The summed E-state index contributed by atoms with van der Waals surface area (Å²) in [5, 5.41) is 13.7. The Hall–Kier alpha value is -2.88. The Kier molecular flexibility index (Phi) is 6.76. The summed E-state index contributed by atoms with van der Waals surface area (Å²) < 4.78 is 10.5. The number of aliphatic imine (C=N–C) groups is 1. The maximum atomic E-state index is 9.71. The SMILES string of the molecule is CNC(=Nc1cc(Cl)c(Oc2snc(-c3ccc(C)cc3)c2C#N)cc1C)C(C)C. The van der Waals surface area contributed by atoms with Gasteiger partial charge in [-0.15, -0.1) is 0 Å². The zero-order chi connectivity index (χ0) is 21.8. The zero-order valence-corrected chi connectivity index (χ0v) is 19.1. The summed E-state index contributed by atoms with van der Waals surface area (Å²) in [6, 6.07) is 13.7. The van der Waals surface area contributed by atoms with Gasteiger partial charge in [0.05, 0.1) is 10.7 Å². The number of benzene rings is 2. The molecular weight excluding hydrogens is 416 g/mol. The van der Waals surface area contributed by atoms with E-state index in [9.17, 15) is 5.26 Å². The summed E-state index contributed by atoms with van der Waals surface area (Å²) in [7, 11) is 1.85. The van der Waals surface area contributed by atoms with E-state index in [-0.39, 0.29) is 5.92 Å². The van der Waals surface area contributed by atoms with Crippen LogP contribution in [0.25, 0.3) is 11.3 Å². The summed E-state index contributed by atoms with van der Waals surface area (Å²) in [6.45, 7) is 8.11. The van der Waals surface area contributed by atoms with Gasteiger partial charge in [-0.2, -0.15) is 9.64 Å². The van der Waals surface area contributed by atoms with Gasteiger partial charge in [-0.1, -0.05) is 55.3 Å². The van der Waals surface area contributed by atoms with Crippen molar-refractivity contribution in [1.82, 2.24) is 9.69 Å². The second-order valence-electron chi connectivity index (χ2n) is 7.24. The monoisotopic (exact) mass is 438 g/mol. The van der Waals surface area contributed by atoms with E-state index in [1.165, 1.54) is 0 Å². The number of nitrogens with zero attached hydrogens (tertiary/aromatic N) is 3. The number of aromatic nitrogens is 1. The summed E-state index contributed by atoms with van der Waals surface area (Å²) >= 11 is 7.62. The lowest BCUT2D eigenvalue weighted by molar-refractivity contribution is 0.495. The quantitative estimate of drug-likeness (QED) is 0.357. The summed E-state index contributed by atoms with van der Waals surface area (Å²) in [4.78, 5) is 4.67. The fourth-order valence-electron chi connectivity index (χ4n) is 2.90. The van der Waals surface area contributed by atoms with Gasteiger partial charge in [-0.05, 0) is 31.5 Å². The van der Waals surface area contributed by atoms with Gasteiger partial charge in [-0.25, -0.2) is 4.99 Å².